The molecule has 0 aliphatic carbocycles. The molecule has 0 unspecified atom stereocenters. The normalized spacial score (nSPS) is 11.9. The number of benzene rings is 2. The van der Waals surface area contributed by atoms with Crippen LogP contribution in [0.3, 0.4) is 0 Å². The second kappa shape index (κ2) is 7.44. The van der Waals surface area contributed by atoms with Gasteiger partial charge < -0.3 is 10.4 Å². The Bertz CT molecular complexity index is 925. The smallest absolute Gasteiger partial charge is 0.326 e. The molecule has 0 spiro atoms. The Labute approximate surface area is 152 Å². The van der Waals surface area contributed by atoms with E-state index < -0.39 is 17.9 Å². The number of carboxylic acids is 1. The first-order chi connectivity index (χ1) is 12.0. The van der Waals surface area contributed by atoms with Crippen LogP contribution in [-0.4, -0.2) is 28.0 Å². The average molecular weight is 399 g/mol. The number of aromatic nitrogens is 1. The molecule has 2 N–H and O–H groups in total. The maximum atomic E-state index is 12.4. The number of amides is 1. The monoisotopic (exact) mass is 398 g/mol. The predicted octanol–water partition coefficient (Wildman–Crippen LogP) is 3.42. The third-order valence-corrected chi connectivity index (χ3v) is 4.34. The highest BCUT2D eigenvalue weighted by molar-refractivity contribution is 9.10. The molecule has 0 bridgehead atoms. The van der Waals surface area contributed by atoms with E-state index in [9.17, 15) is 14.7 Å². The van der Waals surface area contributed by atoms with Crippen LogP contribution in [0.2, 0.25) is 0 Å². The van der Waals surface area contributed by atoms with E-state index in [0.29, 0.717) is 5.56 Å². The molecule has 1 amide bonds. The van der Waals surface area contributed by atoms with Crippen LogP contribution in [0.15, 0.2) is 65.3 Å². The number of fused-ring (bicyclic) bond motifs is 1. The number of hydrogen-bond donors (Lipinski definition) is 2. The minimum absolute atomic E-state index is 0.204. The number of carbonyl (C=O) groups is 2. The first-order valence-electron chi connectivity index (χ1n) is 7.66. The number of halogens is 1. The number of para-hydroxylation sites is 1. The van der Waals surface area contributed by atoms with Crippen LogP contribution in [0.5, 0.6) is 0 Å². The van der Waals surface area contributed by atoms with Crippen molar-refractivity contribution in [3.8, 4) is 0 Å². The van der Waals surface area contributed by atoms with E-state index in [1.165, 1.54) is 6.20 Å². The van der Waals surface area contributed by atoms with E-state index in [4.69, 9.17) is 0 Å². The number of nitrogens with one attached hydrogen (secondary N) is 1. The molecule has 2 aromatic carbocycles. The second-order valence-electron chi connectivity index (χ2n) is 5.61. The van der Waals surface area contributed by atoms with Crippen molar-refractivity contribution < 1.29 is 14.7 Å². The largest absolute Gasteiger partial charge is 0.480 e. The van der Waals surface area contributed by atoms with E-state index in [-0.39, 0.29) is 6.42 Å². The van der Waals surface area contributed by atoms with Gasteiger partial charge in [0.25, 0.3) is 5.91 Å². The highest BCUT2D eigenvalue weighted by Gasteiger charge is 2.21. The quantitative estimate of drug-likeness (QED) is 0.689. The maximum absolute atomic E-state index is 12.4. The van der Waals surface area contributed by atoms with Crippen molar-refractivity contribution in [1.29, 1.82) is 0 Å². The van der Waals surface area contributed by atoms with E-state index in [0.717, 1.165) is 20.9 Å². The molecule has 1 heterocycles. The summed E-state index contributed by atoms with van der Waals surface area (Å²) in [5.41, 5.74) is 1.94. The third-order valence-electron chi connectivity index (χ3n) is 3.81. The summed E-state index contributed by atoms with van der Waals surface area (Å²) in [6.45, 7) is 0. The minimum Gasteiger partial charge on any atom is -0.480 e. The molecule has 3 aromatic rings. The number of aliphatic carboxylic acids is 1. The van der Waals surface area contributed by atoms with E-state index in [1.54, 1.807) is 6.07 Å². The summed E-state index contributed by atoms with van der Waals surface area (Å²) < 4.78 is 0.911. The molecule has 0 fully saturated rings. The molecule has 1 aromatic heterocycles. The molecule has 25 heavy (non-hydrogen) atoms. The van der Waals surface area contributed by atoms with E-state index >= 15 is 0 Å². The third kappa shape index (κ3) is 4.22. The van der Waals surface area contributed by atoms with Gasteiger partial charge >= 0.3 is 5.97 Å². The first-order valence-corrected chi connectivity index (χ1v) is 8.45. The molecule has 126 valence electrons. The fraction of sp³-hybridized carbons (Fsp3) is 0.105. The summed E-state index contributed by atoms with van der Waals surface area (Å²) in [6.07, 6.45) is 1.66. The molecule has 0 aliphatic heterocycles. The number of hydrogen-bond acceptors (Lipinski definition) is 3. The van der Waals surface area contributed by atoms with Gasteiger partial charge in [-0.2, -0.15) is 0 Å². The summed E-state index contributed by atoms with van der Waals surface area (Å²) in [5.74, 6) is -1.53. The lowest BCUT2D eigenvalue weighted by atomic mass is 10.1. The van der Waals surface area contributed by atoms with Crippen molar-refractivity contribution in [2.45, 2.75) is 12.5 Å². The van der Waals surface area contributed by atoms with Crippen molar-refractivity contribution in [3.05, 3.63) is 76.4 Å². The van der Waals surface area contributed by atoms with Crippen molar-refractivity contribution in [2.75, 3.05) is 0 Å². The summed E-state index contributed by atoms with van der Waals surface area (Å²) >= 11 is 3.34. The molecule has 6 heteroatoms. The van der Waals surface area contributed by atoms with Gasteiger partial charge in [-0.15, -0.1) is 0 Å². The van der Waals surface area contributed by atoms with Crippen molar-refractivity contribution in [1.82, 2.24) is 10.3 Å². The van der Waals surface area contributed by atoms with Crippen LogP contribution in [0.4, 0.5) is 0 Å². The number of pyridine rings is 1. The van der Waals surface area contributed by atoms with E-state index in [2.05, 4.69) is 26.2 Å². The van der Waals surface area contributed by atoms with Crippen LogP contribution in [0.1, 0.15) is 15.9 Å². The zero-order chi connectivity index (χ0) is 17.8. The van der Waals surface area contributed by atoms with Gasteiger partial charge in [0.2, 0.25) is 0 Å². The molecular formula is C19H15BrN2O3. The van der Waals surface area contributed by atoms with Gasteiger partial charge in [0, 0.05) is 22.5 Å². The van der Waals surface area contributed by atoms with Crippen molar-refractivity contribution >= 4 is 38.7 Å². The number of rotatable bonds is 5. The zero-order valence-electron chi connectivity index (χ0n) is 13.1. The number of carbonyl (C=O) groups excluding carboxylic acids is 1. The molecule has 1 atom stereocenters. The van der Waals surface area contributed by atoms with Gasteiger partial charge in [0.05, 0.1) is 11.1 Å². The van der Waals surface area contributed by atoms with Crippen LogP contribution >= 0.6 is 15.9 Å². The summed E-state index contributed by atoms with van der Waals surface area (Å²) in [6, 6.07) is 15.4. The van der Waals surface area contributed by atoms with Gasteiger partial charge in [0.15, 0.2) is 0 Å². The van der Waals surface area contributed by atoms with Crippen LogP contribution in [0, 0.1) is 0 Å². The molecule has 0 aliphatic rings. The van der Waals surface area contributed by atoms with Crippen molar-refractivity contribution in [2.24, 2.45) is 0 Å². The van der Waals surface area contributed by atoms with Crippen LogP contribution < -0.4 is 5.32 Å². The molecule has 3 rings (SSSR count). The summed E-state index contributed by atoms with van der Waals surface area (Å²) in [4.78, 5) is 28.2. The summed E-state index contributed by atoms with van der Waals surface area (Å²) in [5, 5.41) is 12.8. The maximum Gasteiger partial charge on any atom is 0.326 e. The van der Waals surface area contributed by atoms with E-state index in [1.807, 2.05) is 48.5 Å². The molecule has 0 saturated carbocycles. The van der Waals surface area contributed by atoms with Crippen LogP contribution in [0.25, 0.3) is 10.9 Å². The Morgan fingerprint density at radius 1 is 1.12 bits per heavy atom. The SMILES string of the molecule is O=C(N[C@H](Cc1ccc(Br)cc1)C(=O)O)c1cnc2ccccc2c1. The lowest BCUT2D eigenvalue weighted by Gasteiger charge is -2.15. The predicted molar refractivity (Wildman–Crippen MR) is 98.5 cm³/mol. The first kappa shape index (κ1) is 17.1. The molecule has 0 radical (unpaired) electrons. The lowest BCUT2D eigenvalue weighted by Crippen LogP contribution is -2.42. The Kier molecular flexibility index (Phi) is 5.09. The Balaban J connectivity index is 1.77. The standard InChI is InChI=1S/C19H15BrN2O3/c20-15-7-5-12(6-8-15)9-17(19(24)25)22-18(23)14-10-13-3-1-2-4-16(13)21-11-14/h1-8,10-11,17H,9H2,(H,22,23)(H,24,25)/t17-/m1/s1. The topological polar surface area (TPSA) is 79.3 Å². The molecular weight excluding hydrogens is 384 g/mol. The fourth-order valence-electron chi connectivity index (χ4n) is 2.49. The Morgan fingerprint density at radius 2 is 1.84 bits per heavy atom. The number of nitrogens with zero attached hydrogens (tertiary/aromatic N) is 1. The molecule has 0 saturated heterocycles. The van der Waals surface area contributed by atoms with Gasteiger partial charge in [-0.1, -0.05) is 46.3 Å². The van der Waals surface area contributed by atoms with Gasteiger partial charge in [-0.25, -0.2) is 4.79 Å². The minimum atomic E-state index is -1.08. The lowest BCUT2D eigenvalue weighted by molar-refractivity contribution is -0.139. The second-order valence-corrected chi connectivity index (χ2v) is 6.53. The zero-order valence-corrected chi connectivity index (χ0v) is 14.7. The van der Waals surface area contributed by atoms with Crippen LogP contribution in [-0.2, 0) is 11.2 Å². The fourth-order valence-corrected chi connectivity index (χ4v) is 2.76. The highest BCUT2D eigenvalue weighted by atomic mass is 79.9. The Hall–Kier alpha value is -2.73. The van der Waals surface area contributed by atoms with Gasteiger partial charge in [-0.05, 0) is 29.8 Å². The van der Waals surface area contributed by atoms with Crippen molar-refractivity contribution in [3.63, 3.8) is 0 Å². The number of carboxylic acid groups (broad SMARTS) is 1. The average Bonchev–Trinajstić information content (AvgIpc) is 2.62. The summed E-state index contributed by atoms with van der Waals surface area (Å²) in [7, 11) is 0. The van der Waals surface area contributed by atoms with Gasteiger partial charge in [-0.3, -0.25) is 9.78 Å². The highest BCUT2D eigenvalue weighted by Crippen LogP contribution is 2.14. The molecule has 5 nitrogen and oxygen atoms in total. The Morgan fingerprint density at radius 3 is 2.56 bits per heavy atom. The van der Waals surface area contributed by atoms with Gasteiger partial charge in [0.1, 0.15) is 6.04 Å².